The van der Waals surface area contributed by atoms with Gasteiger partial charge in [-0.15, -0.1) is 0 Å². The van der Waals surface area contributed by atoms with Crippen molar-refractivity contribution in [2.45, 2.75) is 26.3 Å². The van der Waals surface area contributed by atoms with Crippen molar-refractivity contribution in [1.29, 1.82) is 0 Å². The van der Waals surface area contributed by atoms with Crippen LogP contribution < -0.4 is 5.32 Å². The zero-order valence-electron chi connectivity index (χ0n) is 10.8. The van der Waals surface area contributed by atoms with Gasteiger partial charge in [0.05, 0.1) is 5.69 Å². The van der Waals surface area contributed by atoms with E-state index in [0.29, 0.717) is 10.8 Å². The van der Waals surface area contributed by atoms with Gasteiger partial charge >= 0.3 is 0 Å². The lowest BCUT2D eigenvalue weighted by atomic mass is 10.1. The van der Waals surface area contributed by atoms with Crippen LogP contribution in [0.2, 0.25) is 5.02 Å². The molecule has 1 unspecified atom stereocenters. The molecule has 1 aromatic heterocycles. The Morgan fingerprint density at radius 1 is 1.50 bits per heavy atom. The van der Waals surface area contributed by atoms with E-state index in [0.717, 1.165) is 17.7 Å². The number of aryl methyl sites for hydroxylation is 1. The van der Waals surface area contributed by atoms with Gasteiger partial charge in [0.2, 0.25) is 0 Å². The fraction of sp³-hybridized carbons (Fsp3) is 0.286. The third-order valence-electron chi connectivity index (χ3n) is 2.60. The van der Waals surface area contributed by atoms with Crippen LogP contribution in [-0.2, 0) is 6.42 Å². The Bertz CT molecular complexity index is 466. The van der Waals surface area contributed by atoms with E-state index in [9.17, 15) is 0 Å². The zero-order chi connectivity index (χ0) is 13.5. The number of anilines is 1. The largest absolute Gasteiger partial charge is 0.362 e. The van der Waals surface area contributed by atoms with E-state index >= 15 is 0 Å². The maximum atomic E-state index is 6.22. The third kappa shape index (κ3) is 3.44. The highest BCUT2D eigenvalue weighted by Crippen LogP contribution is 2.23. The fourth-order valence-electron chi connectivity index (χ4n) is 1.57. The van der Waals surface area contributed by atoms with Crippen molar-refractivity contribution in [2.24, 2.45) is 0 Å². The maximum Gasteiger partial charge on any atom is 0.148 e. The molecule has 96 valence electrons. The number of halogens is 1. The number of aromatic nitrogens is 2. The summed E-state index contributed by atoms with van der Waals surface area (Å²) in [7, 11) is 0. The molecule has 0 aromatic carbocycles. The summed E-state index contributed by atoms with van der Waals surface area (Å²) in [6.45, 7) is 11.5. The molecule has 0 radical (unpaired) electrons. The summed E-state index contributed by atoms with van der Waals surface area (Å²) in [6.07, 6.45) is 7.72. The van der Waals surface area contributed by atoms with E-state index in [4.69, 9.17) is 11.6 Å². The van der Waals surface area contributed by atoms with E-state index in [-0.39, 0.29) is 6.04 Å². The summed E-state index contributed by atoms with van der Waals surface area (Å²) in [5, 5.41) is 3.83. The van der Waals surface area contributed by atoms with Crippen LogP contribution in [0, 0.1) is 0 Å². The average Bonchev–Trinajstić information content (AvgIpc) is 2.38. The van der Waals surface area contributed by atoms with Crippen LogP contribution in [0.5, 0.6) is 0 Å². The molecule has 0 aliphatic heterocycles. The lowest BCUT2D eigenvalue weighted by Gasteiger charge is -2.17. The van der Waals surface area contributed by atoms with Crippen molar-refractivity contribution < 1.29 is 0 Å². The van der Waals surface area contributed by atoms with Crippen LogP contribution >= 0.6 is 11.6 Å². The highest BCUT2D eigenvalue weighted by atomic mass is 35.5. The van der Waals surface area contributed by atoms with Gasteiger partial charge in [-0.1, -0.05) is 49.9 Å². The van der Waals surface area contributed by atoms with Crippen LogP contribution in [0.3, 0.4) is 0 Å². The molecule has 0 amide bonds. The third-order valence-corrected chi connectivity index (χ3v) is 2.99. The van der Waals surface area contributed by atoms with E-state index in [2.05, 4.69) is 28.4 Å². The quantitative estimate of drug-likeness (QED) is 0.794. The normalized spacial score (nSPS) is 12.9. The van der Waals surface area contributed by atoms with Crippen molar-refractivity contribution in [1.82, 2.24) is 9.97 Å². The van der Waals surface area contributed by atoms with Gasteiger partial charge < -0.3 is 5.32 Å². The molecule has 0 aliphatic carbocycles. The van der Waals surface area contributed by atoms with Crippen molar-refractivity contribution in [2.75, 3.05) is 5.32 Å². The molecular weight excluding hydrogens is 246 g/mol. The highest BCUT2D eigenvalue weighted by molar-refractivity contribution is 6.33. The van der Waals surface area contributed by atoms with Gasteiger partial charge in [0.15, 0.2) is 0 Å². The summed E-state index contributed by atoms with van der Waals surface area (Å²) < 4.78 is 0. The second-order valence-electron chi connectivity index (χ2n) is 3.81. The van der Waals surface area contributed by atoms with Gasteiger partial charge in [0, 0.05) is 6.04 Å². The van der Waals surface area contributed by atoms with Crippen LogP contribution in [0.15, 0.2) is 43.3 Å². The monoisotopic (exact) mass is 263 g/mol. The summed E-state index contributed by atoms with van der Waals surface area (Å²) in [4.78, 5) is 8.29. The minimum Gasteiger partial charge on any atom is -0.362 e. The highest BCUT2D eigenvalue weighted by Gasteiger charge is 2.11. The Labute approximate surface area is 113 Å². The number of hydrogen-bond donors (Lipinski definition) is 1. The van der Waals surface area contributed by atoms with Crippen LogP contribution in [0.25, 0.3) is 0 Å². The predicted octanol–water partition coefficient (Wildman–Crippen LogP) is 3.79. The second-order valence-corrected chi connectivity index (χ2v) is 4.19. The summed E-state index contributed by atoms with van der Waals surface area (Å²) in [6, 6.07) is 0.0533. The minimum absolute atomic E-state index is 0.0533. The van der Waals surface area contributed by atoms with Gasteiger partial charge in [-0.2, -0.15) is 0 Å². The van der Waals surface area contributed by atoms with Gasteiger partial charge in [-0.05, 0) is 18.9 Å². The summed E-state index contributed by atoms with van der Waals surface area (Å²) >= 11 is 6.22. The van der Waals surface area contributed by atoms with Gasteiger partial charge in [0.1, 0.15) is 17.2 Å². The standard InChI is InChI=1S/C14H18ClN3/c1-5-8-11(6-2)10(4)18-14-13(15)12(7-3)16-9-17-14/h5-6,8-10H,1-2,7H2,3-4H3,(H,16,17,18)/b11-8+. The van der Waals surface area contributed by atoms with E-state index in [1.165, 1.54) is 6.33 Å². The number of rotatable bonds is 6. The number of allylic oxidation sites excluding steroid dienone is 2. The van der Waals surface area contributed by atoms with Crippen molar-refractivity contribution in [3.63, 3.8) is 0 Å². The predicted molar refractivity (Wildman–Crippen MR) is 78.0 cm³/mol. The molecule has 1 aromatic rings. The molecule has 0 fully saturated rings. The molecule has 0 saturated heterocycles. The first kappa shape index (κ1) is 14.5. The molecule has 0 aliphatic rings. The topological polar surface area (TPSA) is 37.8 Å². The number of nitrogens with one attached hydrogen (secondary N) is 1. The molecule has 3 nitrogen and oxygen atoms in total. The Morgan fingerprint density at radius 2 is 2.22 bits per heavy atom. The molecule has 1 rings (SSSR count). The minimum atomic E-state index is 0.0533. The van der Waals surface area contributed by atoms with E-state index < -0.39 is 0 Å². The molecule has 0 bridgehead atoms. The van der Waals surface area contributed by atoms with Crippen molar-refractivity contribution in [3.8, 4) is 0 Å². The average molecular weight is 264 g/mol. The smallest absolute Gasteiger partial charge is 0.148 e. The first-order valence-electron chi connectivity index (χ1n) is 5.85. The van der Waals surface area contributed by atoms with E-state index in [1.54, 1.807) is 12.2 Å². The first-order valence-corrected chi connectivity index (χ1v) is 6.22. The first-order chi connectivity index (χ1) is 8.63. The number of nitrogens with zero attached hydrogens (tertiary/aromatic N) is 2. The molecule has 1 atom stereocenters. The number of hydrogen-bond acceptors (Lipinski definition) is 3. The SMILES string of the molecule is C=C/C=C(\C=C)C(C)Nc1ncnc(CC)c1Cl. The molecule has 1 N–H and O–H groups in total. The Morgan fingerprint density at radius 3 is 2.78 bits per heavy atom. The van der Waals surface area contributed by atoms with Crippen molar-refractivity contribution >= 4 is 17.4 Å². The summed E-state index contributed by atoms with van der Waals surface area (Å²) in [5.74, 6) is 0.646. The van der Waals surface area contributed by atoms with Crippen LogP contribution in [0.1, 0.15) is 19.5 Å². The molecule has 18 heavy (non-hydrogen) atoms. The van der Waals surface area contributed by atoms with Gasteiger partial charge in [0.25, 0.3) is 0 Å². The van der Waals surface area contributed by atoms with Crippen LogP contribution in [-0.4, -0.2) is 16.0 Å². The van der Waals surface area contributed by atoms with E-state index in [1.807, 2.05) is 19.9 Å². The fourth-order valence-corrected chi connectivity index (χ4v) is 1.85. The molecule has 1 heterocycles. The second kappa shape index (κ2) is 6.97. The van der Waals surface area contributed by atoms with Crippen LogP contribution in [0.4, 0.5) is 5.82 Å². The molecule has 4 heteroatoms. The summed E-state index contributed by atoms with van der Waals surface area (Å²) in [5.41, 5.74) is 1.87. The lowest BCUT2D eigenvalue weighted by Crippen LogP contribution is -2.18. The Kier molecular flexibility index (Phi) is 5.59. The molecule has 0 saturated carbocycles. The molecule has 0 spiro atoms. The zero-order valence-corrected chi connectivity index (χ0v) is 11.5. The lowest BCUT2D eigenvalue weighted by molar-refractivity contribution is 0.922. The Hall–Kier alpha value is -1.61. The molecular formula is C14H18ClN3. The Balaban J connectivity index is 2.94. The van der Waals surface area contributed by atoms with Crippen molar-refractivity contribution in [3.05, 3.63) is 54.0 Å². The maximum absolute atomic E-state index is 6.22. The van der Waals surface area contributed by atoms with Gasteiger partial charge in [-0.25, -0.2) is 9.97 Å². The van der Waals surface area contributed by atoms with Gasteiger partial charge in [-0.3, -0.25) is 0 Å².